The van der Waals surface area contributed by atoms with Gasteiger partial charge in [0.2, 0.25) is 10.0 Å². The lowest BCUT2D eigenvalue weighted by molar-refractivity contribution is 0.580. The topological polar surface area (TPSA) is 72.2 Å². The van der Waals surface area contributed by atoms with Crippen molar-refractivity contribution in [1.82, 2.24) is 4.72 Å². The predicted molar refractivity (Wildman–Crippen MR) is 85.0 cm³/mol. The van der Waals surface area contributed by atoms with Gasteiger partial charge in [-0.25, -0.2) is 13.1 Å². The molecule has 2 aromatic carbocycles. The van der Waals surface area contributed by atoms with Crippen molar-refractivity contribution in [2.75, 3.05) is 0 Å². The molecule has 0 saturated heterocycles. The van der Waals surface area contributed by atoms with Crippen LogP contribution >= 0.6 is 0 Å². The Balaban J connectivity index is 2.01. The molecule has 0 heterocycles. The van der Waals surface area contributed by atoms with Crippen molar-refractivity contribution in [3.05, 3.63) is 70.8 Å². The molecule has 0 aliphatic carbocycles. The fraction of sp³-hybridized carbons (Fsp3) is 0.250. The number of nitrogens with one attached hydrogen (secondary N) is 1. The van der Waals surface area contributed by atoms with Crippen LogP contribution in [0, 0.1) is 6.92 Å². The molecule has 112 valence electrons. The van der Waals surface area contributed by atoms with Crippen LogP contribution in [0.4, 0.5) is 0 Å². The molecule has 0 saturated carbocycles. The van der Waals surface area contributed by atoms with Crippen molar-refractivity contribution in [2.45, 2.75) is 25.8 Å². The first kappa shape index (κ1) is 15.7. The number of nitrogens with two attached hydrogens (primary N) is 1. The lowest BCUT2D eigenvalue weighted by atomic mass is 10.1. The fourth-order valence-corrected chi connectivity index (χ4v) is 3.24. The first-order valence-corrected chi connectivity index (χ1v) is 8.44. The molecule has 0 aliphatic heterocycles. The van der Waals surface area contributed by atoms with Gasteiger partial charge in [-0.15, -0.1) is 0 Å². The van der Waals surface area contributed by atoms with Crippen LogP contribution in [0.25, 0.3) is 0 Å². The summed E-state index contributed by atoms with van der Waals surface area (Å²) in [5, 5.41) is 0. The SMILES string of the molecule is Cc1cccc(CNS(=O)(=O)Cc2cccc(CN)c2)c1. The van der Waals surface area contributed by atoms with Crippen LogP contribution in [0.3, 0.4) is 0 Å². The van der Waals surface area contributed by atoms with E-state index in [9.17, 15) is 8.42 Å². The number of sulfonamides is 1. The summed E-state index contributed by atoms with van der Waals surface area (Å²) in [5.74, 6) is -0.0351. The first-order valence-electron chi connectivity index (χ1n) is 6.79. The van der Waals surface area contributed by atoms with E-state index in [0.29, 0.717) is 13.1 Å². The third-order valence-electron chi connectivity index (χ3n) is 3.16. The van der Waals surface area contributed by atoms with Gasteiger partial charge in [0.25, 0.3) is 0 Å². The summed E-state index contributed by atoms with van der Waals surface area (Å²) in [4.78, 5) is 0. The summed E-state index contributed by atoms with van der Waals surface area (Å²) in [7, 11) is -3.36. The van der Waals surface area contributed by atoms with Gasteiger partial charge in [-0.3, -0.25) is 0 Å². The molecule has 2 rings (SSSR count). The minimum Gasteiger partial charge on any atom is -0.326 e. The van der Waals surface area contributed by atoms with Crippen molar-refractivity contribution in [3.8, 4) is 0 Å². The lowest BCUT2D eigenvalue weighted by Crippen LogP contribution is -2.24. The molecule has 0 fully saturated rings. The van der Waals surface area contributed by atoms with E-state index in [1.807, 2.05) is 49.4 Å². The average molecular weight is 304 g/mol. The van der Waals surface area contributed by atoms with Crippen LogP contribution in [-0.4, -0.2) is 8.42 Å². The van der Waals surface area contributed by atoms with E-state index < -0.39 is 10.0 Å². The summed E-state index contributed by atoms with van der Waals surface area (Å²) in [6.45, 7) is 2.70. The zero-order valence-electron chi connectivity index (χ0n) is 12.0. The molecular weight excluding hydrogens is 284 g/mol. The molecule has 3 N–H and O–H groups in total. The maximum atomic E-state index is 12.1. The second-order valence-corrected chi connectivity index (χ2v) is 6.90. The molecule has 2 aromatic rings. The van der Waals surface area contributed by atoms with Gasteiger partial charge in [0.05, 0.1) is 5.75 Å². The summed E-state index contributed by atoms with van der Waals surface area (Å²) >= 11 is 0. The normalized spacial score (nSPS) is 11.5. The number of hydrogen-bond donors (Lipinski definition) is 2. The van der Waals surface area contributed by atoms with Gasteiger partial charge in [0, 0.05) is 13.1 Å². The Morgan fingerprint density at radius 3 is 2.38 bits per heavy atom. The molecule has 0 amide bonds. The second-order valence-electron chi connectivity index (χ2n) is 5.09. The Morgan fingerprint density at radius 1 is 1.00 bits per heavy atom. The molecule has 0 unspecified atom stereocenters. The Labute approximate surface area is 126 Å². The lowest BCUT2D eigenvalue weighted by Gasteiger charge is -2.08. The van der Waals surface area contributed by atoms with Gasteiger partial charge in [0.1, 0.15) is 0 Å². The largest absolute Gasteiger partial charge is 0.326 e. The molecule has 5 heteroatoms. The summed E-state index contributed by atoms with van der Waals surface area (Å²) in [6, 6.07) is 15.1. The number of aryl methyl sites for hydroxylation is 1. The Morgan fingerprint density at radius 2 is 1.67 bits per heavy atom. The quantitative estimate of drug-likeness (QED) is 0.858. The molecule has 4 nitrogen and oxygen atoms in total. The standard InChI is InChI=1S/C16H20N2O2S/c1-13-4-2-6-15(8-13)11-18-21(19,20)12-16-7-3-5-14(9-16)10-17/h2-9,18H,10-12,17H2,1H3. The number of rotatable bonds is 6. The van der Waals surface area contributed by atoms with E-state index in [4.69, 9.17) is 5.73 Å². The van der Waals surface area contributed by atoms with E-state index in [0.717, 1.165) is 22.3 Å². The van der Waals surface area contributed by atoms with Gasteiger partial charge in [-0.05, 0) is 23.6 Å². The van der Waals surface area contributed by atoms with E-state index in [-0.39, 0.29) is 5.75 Å². The van der Waals surface area contributed by atoms with E-state index in [1.165, 1.54) is 0 Å². The van der Waals surface area contributed by atoms with Crippen molar-refractivity contribution in [2.24, 2.45) is 5.73 Å². The molecule has 0 aromatic heterocycles. The van der Waals surface area contributed by atoms with Crippen molar-refractivity contribution < 1.29 is 8.42 Å². The van der Waals surface area contributed by atoms with Crippen molar-refractivity contribution in [3.63, 3.8) is 0 Å². The highest BCUT2D eigenvalue weighted by Crippen LogP contribution is 2.09. The monoisotopic (exact) mass is 304 g/mol. The molecule has 0 atom stereocenters. The molecule has 0 aliphatic rings. The van der Waals surface area contributed by atoms with Crippen LogP contribution in [0.15, 0.2) is 48.5 Å². The minimum atomic E-state index is -3.36. The highest BCUT2D eigenvalue weighted by Gasteiger charge is 2.11. The Hall–Kier alpha value is -1.69. The van der Waals surface area contributed by atoms with Crippen LogP contribution in [0.1, 0.15) is 22.3 Å². The highest BCUT2D eigenvalue weighted by molar-refractivity contribution is 7.88. The van der Waals surface area contributed by atoms with E-state index in [1.54, 1.807) is 6.07 Å². The summed E-state index contributed by atoms with van der Waals surface area (Å²) in [5.41, 5.74) is 9.31. The highest BCUT2D eigenvalue weighted by atomic mass is 32.2. The average Bonchev–Trinajstić information content (AvgIpc) is 2.45. The van der Waals surface area contributed by atoms with Gasteiger partial charge < -0.3 is 5.73 Å². The number of hydrogen-bond acceptors (Lipinski definition) is 3. The minimum absolute atomic E-state index is 0.0351. The Bertz CT molecular complexity index is 712. The zero-order valence-corrected chi connectivity index (χ0v) is 12.9. The molecule has 0 radical (unpaired) electrons. The summed E-state index contributed by atoms with van der Waals surface area (Å²) in [6.07, 6.45) is 0. The van der Waals surface area contributed by atoms with Crippen LogP contribution in [-0.2, 0) is 28.9 Å². The molecule has 0 bridgehead atoms. The fourth-order valence-electron chi connectivity index (χ4n) is 2.13. The van der Waals surface area contributed by atoms with Crippen LogP contribution in [0.5, 0.6) is 0 Å². The molecule has 21 heavy (non-hydrogen) atoms. The maximum absolute atomic E-state index is 12.1. The maximum Gasteiger partial charge on any atom is 0.216 e. The number of benzene rings is 2. The van der Waals surface area contributed by atoms with Crippen molar-refractivity contribution in [1.29, 1.82) is 0 Å². The second kappa shape index (κ2) is 6.85. The zero-order chi connectivity index (χ0) is 15.3. The molecule has 0 spiro atoms. The Kier molecular flexibility index (Phi) is 5.12. The first-order chi connectivity index (χ1) is 9.98. The van der Waals surface area contributed by atoms with Crippen LogP contribution in [0.2, 0.25) is 0 Å². The predicted octanol–water partition coefficient (Wildman–Crippen LogP) is 2.07. The van der Waals surface area contributed by atoms with Crippen molar-refractivity contribution >= 4 is 10.0 Å². The van der Waals surface area contributed by atoms with Gasteiger partial charge >= 0.3 is 0 Å². The van der Waals surface area contributed by atoms with Gasteiger partial charge in [0.15, 0.2) is 0 Å². The third kappa shape index (κ3) is 4.97. The van der Waals surface area contributed by atoms with E-state index in [2.05, 4.69) is 4.72 Å². The van der Waals surface area contributed by atoms with Crippen LogP contribution < -0.4 is 10.5 Å². The smallest absolute Gasteiger partial charge is 0.216 e. The van der Waals surface area contributed by atoms with Gasteiger partial charge in [-0.2, -0.15) is 0 Å². The van der Waals surface area contributed by atoms with Gasteiger partial charge in [-0.1, -0.05) is 54.1 Å². The molecular formula is C16H20N2O2S. The van der Waals surface area contributed by atoms with E-state index >= 15 is 0 Å². The summed E-state index contributed by atoms with van der Waals surface area (Å²) < 4.78 is 26.9. The third-order valence-corrected chi connectivity index (χ3v) is 4.46.